The Morgan fingerprint density at radius 2 is 1.77 bits per heavy atom. The van der Waals surface area contributed by atoms with Gasteiger partial charge in [-0.15, -0.1) is 0 Å². The molecule has 0 aromatic carbocycles. The maximum atomic E-state index is 11.7. The van der Waals surface area contributed by atoms with Crippen LogP contribution in [-0.4, -0.2) is 24.4 Å². The van der Waals surface area contributed by atoms with Crippen molar-refractivity contribution >= 4 is 5.91 Å². The summed E-state index contributed by atoms with van der Waals surface area (Å²) in [5.41, 5.74) is -0.244. The Labute approximate surface area is 82.3 Å². The van der Waals surface area contributed by atoms with Gasteiger partial charge in [0.2, 0.25) is 5.91 Å². The maximum absolute atomic E-state index is 11.7. The van der Waals surface area contributed by atoms with E-state index in [2.05, 4.69) is 13.8 Å². The topological polar surface area (TPSA) is 20.3 Å². The molecule has 0 aliphatic rings. The summed E-state index contributed by atoms with van der Waals surface area (Å²) in [6.45, 7) is 11.1. The van der Waals surface area contributed by atoms with E-state index in [1.165, 1.54) is 0 Å². The molecule has 0 saturated heterocycles. The number of hydrogen-bond donors (Lipinski definition) is 0. The zero-order valence-corrected chi connectivity index (χ0v) is 9.85. The molecule has 0 aliphatic carbocycles. The molecule has 0 aromatic rings. The van der Waals surface area contributed by atoms with Crippen molar-refractivity contribution in [3.63, 3.8) is 0 Å². The first-order chi connectivity index (χ1) is 5.75. The van der Waals surface area contributed by atoms with Crippen LogP contribution in [0.1, 0.15) is 41.0 Å². The molecule has 0 atom stereocenters. The van der Waals surface area contributed by atoms with E-state index in [9.17, 15) is 4.79 Å². The number of rotatable bonds is 3. The highest BCUT2D eigenvalue weighted by molar-refractivity contribution is 5.81. The van der Waals surface area contributed by atoms with E-state index >= 15 is 0 Å². The monoisotopic (exact) mass is 185 g/mol. The van der Waals surface area contributed by atoms with Gasteiger partial charge < -0.3 is 4.90 Å². The number of carbonyl (C=O) groups is 1. The van der Waals surface area contributed by atoms with E-state index in [1.807, 2.05) is 32.7 Å². The standard InChI is InChI=1S/C11H23NO/c1-9(2)7-8-12(6)10(13)11(3,4)5/h9H,7-8H2,1-6H3. The molecule has 0 heterocycles. The first-order valence-corrected chi connectivity index (χ1v) is 5.00. The second-order valence-electron chi connectivity index (χ2n) is 5.16. The third-order valence-corrected chi connectivity index (χ3v) is 2.03. The van der Waals surface area contributed by atoms with Gasteiger partial charge in [0.05, 0.1) is 0 Å². The first kappa shape index (κ1) is 12.5. The van der Waals surface area contributed by atoms with Crippen molar-refractivity contribution in [3.05, 3.63) is 0 Å². The molecule has 0 saturated carbocycles. The summed E-state index contributed by atoms with van der Waals surface area (Å²) >= 11 is 0. The predicted octanol–water partition coefficient (Wildman–Crippen LogP) is 2.54. The summed E-state index contributed by atoms with van der Waals surface area (Å²) < 4.78 is 0. The van der Waals surface area contributed by atoms with Gasteiger partial charge in [-0.1, -0.05) is 34.6 Å². The molecule has 0 radical (unpaired) electrons. The van der Waals surface area contributed by atoms with Crippen LogP contribution in [0, 0.1) is 11.3 Å². The lowest BCUT2D eigenvalue weighted by molar-refractivity contribution is -0.138. The summed E-state index contributed by atoms with van der Waals surface area (Å²) in [4.78, 5) is 13.5. The second kappa shape index (κ2) is 4.64. The van der Waals surface area contributed by atoms with Gasteiger partial charge in [0.25, 0.3) is 0 Å². The lowest BCUT2D eigenvalue weighted by Gasteiger charge is -2.26. The van der Waals surface area contributed by atoms with Crippen LogP contribution in [-0.2, 0) is 4.79 Å². The van der Waals surface area contributed by atoms with Crippen LogP contribution in [0.3, 0.4) is 0 Å². The summed E-state index contributed by atoms with van der Waals surface area (Å²) in [6, 6.07) is 0. The fourth-order valence-electron chi connectivity index (χ4n) is 1.13. The van der Waals surface area contributed by atoms with E-state index in [0.29, 0.717) is 5.92 Å². The fraction of sp³-hybridized carbons (Fsp3) is 0.909. The number of nitrogens with zero attached hydrogens (tertiary/aromatic N) is 1. The van der Waals surface area contributed by atoms with E-state index in [-0.39, 0.29) is 11.3 Å². The lowest BCUT2D eigenvalue weighted by atomic mass is 9.94. The zero-order chi connectivity index (χ0) is 10.6. The van der Waals surface area contributed by atoms with Crippen LogP contribution in [0.2, 0.25) is 0 Å². The Bertz CT molecular complexity index is 167. The van der Waals surface area contributed by atoms with Crippen molar-refractivity contribution in [2.45, 2.75) is 41.0 Å². The quantitative estimate of drug-likeness (QED) is 0.661. The summed E-state index contributed by atoms with van der Waals surface area (Å²) in [5.74, 6) is 0.892. The minimum Gasteiger partial charge on any atom is -0.345 e. The molecule has 0 rings (SSSR count). The van der Waals surface area contributed by atoms with E-state index in [4.69, 9.17) is 0 Å². The minimum absolute atomic E-state index is 0.230. The van der Waals surface area contributed by atoms with Gasteiger partial charge >= 0.3 is 0 Å². The van der Waals surface area contributed by atoms with E-state index in [1.54, 1.807) is 0 Å². The summed E-state index contributed by atoms with van der Waals surface area (Å²) in [5, 5.41) is 0. The SMILES string of the molecule is CC(C)CCN(C)C(=O)C(C)(C)C. The molecule has 0 N–H and O–H groups in total. The van der Waals surface area contributed by atoms with Crippen molar-refractivity contribution in [2.24, 2.45) is 11.3 Å². The van der Waals surface area contributed by atoms with Gasteiger partial charge in [0.1, 0.15) is 0 Å². The highest BCUT2D eigenvalue weighted by Crippen LogP contribution is 2.16. The molecular formula is C11H23NO. The Kier molecular flexibility index (Phi) is 4.45. The molecule has 0 bridgehead atoms. The van der Waals surface area contributed by atoms with Crippen LogP contribution in [0.5, 0.6) is 0 Å². The Morgan fingerprint density at radius 3 is 2.08 bits per heavy atom. The number of amides is 1. The van der Waals surface area contributed by atoms with Crippen LogP contribution in [0.15, 0.2) is 0 Å². The molecule has 1 amide bonds. The Morgan fingerprint density at radius 1 is 1.31 bits per heavy atom. The molecule has 0 unspecified atom stereocenters. The first-order valence-electron chi connectivity index (χ1n) is 5.00. The number of hydrogen-bond acceptors (Lipinski definition) is 1. The maximum Gasteiger partial charge on any atom is 0.227 e. The molecular weight excluding hydrogens is 162 g/mol. The molecule has 13 heavy (non-hydrogen) atoms. The van der Waals surface area contributed by atoms with Gasteiger partial charge in [-0.3, -0.25) is 4.79 Å². The van der Waals surface area contributed by atoms with Gasteiger partial charge in [-0.2, -0.15) is 0 Å². The minimum atomic E-state index is -0.244. The smallest absolute Gasteiger partial charge is 0.227 e. The van der Waals surface area contributed by atoms with Crippen molar-refractivity contribution in [1.82, 2.24) is 4.90 Å². The van der Waals surface area contributed by atoms with Gasteiger partial charge in [-0.05, 0) is 12.3 Å². The molecule has 0 fully saturated rings. The van der Waals surface area contributed by atoms with Crippen LogP contribution >= 0.6 is 0 Å². The summed E-state index contributed by atoms with van der Waals surface area (Å²) in [7, 11) is 1.88. The van der Waals surface area contributed by atoms with Gasteiger partial charge in [-0.25, -0.2) is 0 Å². The lowest BCUT2D eigenvalue weighted by Crippen LogP contribution is -2.37. The van der Waals surface area contributed by atoms with Crippen molar-refractivity contribution in [1.29, 1.82) is 0 Å². The van der Waals surface area contributed by atoms with E-state index in [0.717, 1.165) is 13.0 Å². The zero-order valence-electron chi connectivity index (χ0n) is 9.85. The largest absolute Gasteiger partial charge is 0.345 e. The molecule has 78 valence electrons. The molecule has 0 aliphatic heterocycles. The highest BCUT2D eigenvalue weighted by atomic mass is 16.2. The van der Waals surface area contributed by atoms with Crippen molar-refractivity contribution in [2.75, 3.05) is 13.6 Å². The highest BCUT2D eigenvalue weighted by Gasteiger charge is 2.24. The third-order valence-electron chi connectivity index (χ3n) is 2.03. The van der Waals surface area contributed by atoms with Crippen LogP contribution in [0.25, 0.3) is 0 Å². The molecule has 2 nitrogen and oxygen atoms in total. The fourth-order valence-corrected chi connectivity index (χ4v) is 1.13. The van der Waals surface area contributed by atoms with Gasteiger partial charge in [0, 0.05) is 19.0 Å². The summed E-state index contributed by atoms with van der Waals surface area (Å²) in [6.07, 6.45) is 1.08. The van der Waals surface area contributed by atoms with Crippen LogP contribution in [0.4, 0.5) is 0 Å². The van der Waals surface area contributed by atoms with E-state index < -0.39 is 0 Å². The molecule has 0 aromatic heterocycles. The second-order valence-corrected chi connectivity index (χ2v) is 5.16. The normalized spacial score (nSPS) is 11.9. The Balaban J connectivity index is 3.98. The predicted molar refractivity (Wildman–Crippen MR) is 56.5 cm³/mol. The van der Waals surface area contributed by atoms with Gasteiger partial charge in [0.15, 0.2) is 0 Å². The average molecular weight is 185 g/mol. The van der Waals surface area contributed by atoms with Crippen molar-refractivity contribution in [3.8, 4) is 0 Å². The third kappa shape index (κ3) is 4.91. The number of carbonyl (C=O) groups excluding carboxylic acids is 1. The molecule has 2 heteroatoms. The molecule has 0 spiro atoms. The van der Waals surface area contributed by atoms with Crippen LogP contribution < -0.4 is 0 Å². The average Bonchev–Trinajstić information content (AvgIpc) is 1.96. The Hall–Kier alpha value is -0.530. The van der Waals surface area contributed by atoms with Crippen molar-refractivity contribution < 1.29 is 4.79 Å².